The predicted molar refractivity (Wildman–Crippen MR) is 63.8 cm³/mol. The molecule has 2 N–H and O–H groups in total. The van der Waals surface area contributed by atoms with E-state index < -0.39 is 34.1 Å². The van der Waals surface area contributed by atoms with Crippen molar-refractivity contribution in [2.24, 2.45) is 0 Å². The van der Waals surface area contributed by atoms with Crippen LogP contribution in [0.2, 0.25) is 0 Å². The molecule has 3 unspecified atom stereocenters. The number of aliphatic hydroxyl groups excluding tert-OH is 1. The molecule has 0 spiro atoms. The highest BCUT2D eigenvalue weighted by Crippen LogP contribution is 2.61. The van der Waals surface area contributed by atoms with Gasteiger partial charge in [0.15, 0.2) is 0 Å². The first kappa shape index (κ1) is 13.3. The molecular weight excluding hydrogens is 220 g/mol. The van der Waals surface area contributed by atoms with E-state index in [1.165, 1.54) is 0 Å². The Morgan fingerprint density at radius 1 is 0.882 bits per heavy atom. The van der Waals surface area contributed by atoms with Crippen LogP contribution in [0.25, 0.3) is 0 Å². The van der Waals surface area contributed by atoms with Gasteiger partial charge in [0.2, 0.25) is 0 Å². The van der Waals surface area contributed by atoms with Crippen LogP contribution in [-0.2, 0) is 9.47 Å². The van der Waals surface area contributed by atoms with E-state index >= 15 is 0 Å². The SMILES string of the molecule is CC1(C)OC2(C)C(C)(O)C(C)(C)O[C@]2(C)C1O. The summed E-state index contributed by atoms with van der Waals surface area (Å²) in [5.74, 6) is 0. The highest BCUT2D eigenvalue weighted by molar-refractivity contribution is 5.28. The molecule has 0 aliphatic carbocycles. The smallest absolute Gasteiger partial charge is 0.129 e. The normalized spacial score (nSPS) is 55.9. The summed E-state index contributed by atoms with van der Waals surface area (Å²) in [6.07, 6.45) is -0.784. The van der Waals surface area contributed by atoms with E-state index in [0.717, 1.165) is 0 Å². The number of ether oxygens (including phenoxy) is 2. The highest BCUT2D eigenvalue weighted by atomic mass is 16.7. The second-order valence-corrected chi connectivity index (χ2v) is 6.93. The van der Waals surface area contributed by atoms with Crippen LogP contribution in [0.3, 0.4) is 0 Å². The Kier molecular flexibility index (Phi) is 2.24. The van der Waals surface area contributed by atoms with Crippen molar-refractivity contribution in [2.45, 2.75) is 82.6 Å². The summed E-state index contributed by atoms with van der Waals surface area (Å²) >= 11 is 0. The molecule has 2 rings (SSSR count). The summed E-state index contributed by atoms with van der Waals surface area (Å²) in [6.45, 7) is 12.6. The number of hydrogen-bond donors (Lipinski definition) is 2. The van der Waals surface area contributed by atoms with Crippen LogP contribution in [0.4, 0.5) is 0 Å². The molecule has 2 heterocycles. The van der Waals surface area contributed by atoms with Gasteiger partial charge in [-0.05, 0) is 48.5 Å². The van der Waals surface area contributed by atoms with Crippen LogP contribution in [0.5, 0.6) is 0 Å². The maximum absolute atomic E-state index is 10.8. The van der Waals surface area contributed by atoms with Crippen molar-refractivity contribution >= 4 is 0 Å². The second kappa shape index (κ2) is 2.87. The Morgan fingerprint density at radius 3 is 1.76 bits per heavy atom. The molecule has 2 saturated heterocycles. The van der Waals surface area contributed by atoms with E-state index in [0.29, 0.717) is 0 Å². The molecule has 0 radical (unpaired) electrons. The molecule has 0 saturated carbocycles. The highest BCUT2D eigenvalue weighted by Gasteiger charge is 2.79. The lowest BCUT2D eigenvalue weighted by Gasteiger charge is -2.42. The second-order valence-electron chi connectivity index (χ2n) is 6.93. The number of fused-ring (bicyclic) bond motifs is 1. The maximum atomic E-state index is 10.8. The van der Waals surface area contributed by atoms with E-state index in [1.807, 2.05) is 41.5 Å². The van der Waals surface area contributed by atoms with Gasteiger partial charge in [-0.1, -0.05) is 0 Å². The van der Waals surface area contributed by atoms with E-state index in [2.05, 4.69) is 0 Å². The zero-order valence-electron chi connectivity index (χ0n) is 11.8. The minimum atomic E-state index is -1.18. The largest absolute Gasteiger partial charge is 0.387 e. The third-order valence-electron chi connectivity index (χ3n) is 5.16. The van der Waals surface area contributed by atoms with Crippen molar-refractivity contribution in [3.63, 3.8) is 0 Å². The first-order valence-electron chi connectivity index (χ1n) is 6.13. The molecule has 2 aliphatic rings. The zero-order chi connectivity index (χ0) is 13.5. The summed E-state index contributed by atoms with van der Waals surface area (Å²) in [7, 11) is 0. The molecule has 0 aromatic heterocycles. The third-order valence-corrected chi connectivity index (χ3v) is 5.16. The van der Waals surface area contributed by atoms with Crippen molar-refractivity contribution in [1.82, 2.24) is 0 Å². The minimum Gasteiger partial charge on any atom is -0.387 e. The minimum absolute atomic E-state index is 0.732. The van der Waals surface area contributed by atoms with E-state index in [1.54, 1.807) is 6.92 Å². The van der Waals surface area contributed by atoms with Gasteiger partial charge in [0.05, 0.1) is 11.2 Å². The molecule has 2 aliphatic heterocycles. The average molecular weight is 244 g/mol. The third kappa shape index (κ3) is 1.17. The molecule has 17 heavy (non-hydrogen) atoms. The lowest BCUT2D eigenvalue weighted by atomic mass is 9.70. The van der Waals surface area contributed by atoms with Gasteiger partial charge in [-0.15, -0.1) is 0 Å². The van der Waals surface area contributed by atoms with Crippen LogP contribution in [0, 0.1) is 0 Å². The molecular formula is C13H24O4. The topological polar surface area (TPSA) is 58.9 Å². The fourth-order valence-electron chi connectivity index (χ4n) is 3.55. The fourth-order valence-corrected chi connectivity index (χ4v) is 3.55. The number of hydrogen-bond acceptors (Lipinski definition) is 4. The van der Waals surface area contributed by atoms with Crippen LogP contribution >= 0.6 is 0 Å². The zero-order valence-corrected chi connectivity index (χ0v) is 11.8. The van der Waals surface area contributed by atoms with Crippen molar-refractivity contribution in [3.05, 3.63) is 0 Å². The van der Waals surface area contributed by atoms with Crippen LogP contribution in [-0.4, -0.2) is 44.3 Å². The van der Waals surface area contributed by atoms with Gasteiger partial charge in [0.25, 0.3) is 0 Å². The Morgan fingerprint density at radius 2 is 1.35 bits per heavy atom. The van der Waals surface area contributed by atoms with Crippen LogP contribution in [0.1, 0.15) is 48.5 Å². The number of aliphatic hydroxyl groups is 2. The molecule has 0 bridgehead atoms. The van der Waals surface area contributed by atoms with Gasteiger partial charge in [-0.25, -0.2) is 0 Å². The average Bonchev–Trinajstić information content (AvgIpc) is 2.30. The van der Waals surface area contributed by atoms with Crippen molar-refractivity contribution in [2.75, 3.05) is 0 Å². The molecule has 0 aromatic carbocycles. The van der Waals surface area contributed by atoms with Gasteiger partial charge >= 0.3 is 0 Å². The monoisotopic (exact) mass is 244 g/mol. The molecule has 4 nitrogen and oxygen atoms in total. The van der Waals surface area contributed by atoms with Crippen molar-refractivity contribution in [3.8, 4) is 0 Å². The summed E-state index contributed by atoms with van der Waals surface area (Å²) < 4.78 is 12.0. The molecule has 2 fully saturated rings. The first-order chi connectivity index (χ1) is 7.32. The summed E-state index contributed by atoms with van der Waals surface area (Å²) in [5, 5.41) is 21.3. The Labute approximate surface area is 103 Å². The van der Waals surface area contributed by atoms with Gasteiger partial charge in [-0.2, -0.15) is 0 Å². The molecule has 4 heteroatoms. The van der Waals surface area contributed by atoms with Gasteiger partial charge in [0.1, 0.15) is 22.9 Å². The van der Waals surface area contributed by atoms with Crippen LogP contribution < -0.4 is 0 Å². The summed E-state index contributed by atoms with van der Waals surface area (Å²) in [5.41, 5.74) is -4.53. The Hall–Kier alpha value is -0.160. The quantitative estimate of drug-likeness (QED) is 0.673. The Balaban J connectivity index is 2.61. The fraction of sp³-hybridized carbons (Fsp3) is 1.00. The first-order valence-corrected chi connectivity index (χ1v) is 6.13. The van der Waals surface area contributed by atoms with Gasteiger partial charge in [-0.3, -0.25) is 0 Å². The molecule has 100 valence electrons. The molecule has 4 atom stereocenters. The standard InChI is InChI=1S/C13H24O4/c1-9(2)8(14)11(5)13(7,16-9)12(6,15)10(3,4)17-11/h8,14-15H,1-7H3/t8?,11-,12?,13?/m1/s1. The predicted octanol–water partition coefficient (Wildman–Crippen LogP) is 1.23. The van der Waals surface area contributed by atoms with E-state index in [-0.39, 0.29) is 0 Å². The van der Waals surface area contributed by atoms with E-state index in [4.69, 9.17) is 9.47 Å². The lowest BCUT2D eigenvalue weighted by molar-refractivity contribution is -0.203. The van der Waals surface area contributed by atoms with E-state index in [9.17, 15) is 10.2 Å². The Bertz CT molecular complexity index is 360. The molecule has 0 amide bonds. The van der Waals surface area contributed by atoms with Crippen molar-refractivity contribution in [1.29, 1.82) is 0 Å². The van der Waals surface area contributed by atoms with Crippen molar-refractivity contribution < 1.29 is 19.7 Å². The molecule has 0 aromatic rings. The lowest BCUT2D eigenvalue weighted by Crippen LogP contribution is -2.61. The van der Waals surface area contributed by atoms with Gasteiger partial charge < -0.3 is 19.7 Å². The maximum Gasteiger partial charge on any atom is 0.129 e. The van der Waals surface area contributed by atoms with Gasteiger partial charge in [0, 0.05) is 0 Å². The van der Waals surface area contributed by atoms with Crippen LogP contribution in [0.15, 0.2) is 0 Å². The summed E-state index contributed by atoms with van der Waals surface area (Å²) in [4.78, 5) is 0. The summed E-state index contributed by atoms with van der Waals surface area (Å²) in [6, 6.07) is 0. The number of rotatable bonds is 0.